The molecule has 0 spiro atoms. The fraction of sp³-hybridized carbons (Fsp3) is 0.188. The Morgan fingerprint density at radius 1 is 1.05 bits per heavy atom. The second-order valence-electron chi connectivity index (χ2n) is 4.78. The average Bonchev–Trinajstić information content (AvgIpc) is 2.80. The topological polar surface area (TPSA) is 43.8 Å². The molecule has 0 radical (unpaired) electrons. The van der Waals surface area contributed by atoms with E-state index < -0.39 is 0 Å². The van der Waals surface area contributed by atoms with Crippen molar-refractivity contribution < 1.29 is 0 Å². The van der Waals surface area contributed by atoms with Gasteiger partial charge >= 0.3 is 0 Å². The van der Waals surface area contributed by atoms with Crippen molar-refractivity contribution in [1.82, 2.24) is 9.55 Å². The number of aryl methyl sites for hydroxylation is 1. The quantitative estimate of drug-likeness (QED) is 0.760. The van der Waals surface area contributed by atoms with Gasteiger partial charge in [0, 0.05) is 0 Å². The van der Waals surface area contributed by atoms with Crippen LogP contribution in [0.1, 0.15) is 17.0 Å². The molecule has 0 fully saturated rings. The third kappa shape index (κ3) is 1.83. The first-order valence-electron chi connectivity index (χ1n) is 6.45. The Balaban J connectivity index is 2.38. The third-order valence-corrected chi connectivity index (χ3v) is 3.63. The van der Waals surface area contributed by atoms with Crippen molar-refractivity contribution >= 4 is 11.0 Å². The van der Waals surface area contributed by atoms with Crippen LogP contribution in [0.3, 0.4) is 0 Å². The molecule has 0 aliphatic rings. The predicted molar refractivity (Wildman–Crippen MR) is 78.4 cm³/mol. The van der Waals surface area contributed by atoms with E-state index in [1.807, 2.05) is 18.2 Å². The van der Waals surface area contributed by atoms with Crippen LogP contribution in [0, 0.1) is 13.8 Å². The highest BCUT2D eigenvalue weighted by molar-refractivity contribution is 5.78. The van der Waals surface area contributed by atoms with E-state index in [4.69, 9.17) is 5.73 Å². The minimum atomic E-state index is 0.433. The Labute approximate surface area is 112 Å². The molecule has 0 atom stereocenters. The van der Waals surface area contributed by atoms with Crippen LogP contribution in [-0.4, -0.2) is 9.55 Å². The van der Waals surface area contributed by atoms with Gasteiger partial charge in [0.2, 0.25) is 0 Å². The van der Waals surface area contributed by atoms with Crippen LogP contribution < -0.4 is 5.73 Å². The first kappa shape index (κ1) is 11.9. The van der Waals surface area contributed by atoms with Crippen LogP contribution in [-0.2, 0) is 6.54 Å². The zero-order valence-corrected chi connectivity index (χ0v) is 11.2. The molecular formula is C16H17N3. The van der Waals surface area contributed by atoms with Crippen LogP contribution in [0.2, 0.25) is 0 Å². The summed E-state index contributed by atoms with van der Waals surface area (Å²) in [7, 11) is 0. The van der Waals surface area contributed by atoms with Gasteiger partial charge in [0.15, 0.2) is 0 Å². The van der Waals surface area contributed by atoms with E-state index in [-0.39, 0.29) is 0 Å². The molecule has 19 heavy (non-hydrogen) atoms. The van der Waals surface area contributed by atoms with Crippen LogP contribution in [0.4, 0.5) is 0 Å². The molecule has 0 unspecified atom stereocenters. The summed E-state index contributed by atoms with van der Waals surface area (Å²) in [5.41, 5.74) is 11.7. The molecule has 3 nitrogen and oxygen atoms in total. The van der Waals surface area contributed by atoms with E-state index in [0.717, 1.165) is 22.5 Å². The van der Waals surface area contributed by atoms with Crippen molar-refractivity contribution in [1.29, 1.82) is 0 Å². The van der Waals surface area contributed by atoms with E-state index >= 15 is 0 Å². The van der Waals surface area contributed by atoms with Crippen LogP contribution in [0.5, 0.6) is 0 Å². The lowest BCUT2D eigenvalue weighted by Gasteiger charge is -2.13. The maximum absolute atomic E-state index is 5.86. The van der Waals surface area contributed by atoms with Gasteiger partial charge in [-0.1, -0.05) is 24.3 Å². The number of rotatable bonds is 2. The molecule has 2 N–H and O–H groups in total. The molecule has 1 aromatic heterocycles. The molecule has 3 aromatic rings. The van der Waals surface area contributed by atoms with Gasteiger partial charge in [-0.25, -0.2) is 4.98 Å². The van der Waals surface area contributed by atoms with E-state index in [1.54, 1.807) is 0 Å². The Morgan fingerprint density at radius 3 is 2.63 bits per heavy atom. The molecule has 0 saturated heterocycles. The molecule has 1 heterocycles. The molecule has 2 aromatic carbocycles. The highest BCUT2D eigenvalue weighted by atomic mass is 15.1. The SMILES string of the molecule is Cc1cccc(-n2c(CN)nc3ccccc32)c1C. The maximum Gasteiger partial charge on any atom is 0.128 e. The van der Waals surface area contributed by atoms with Gasteiger partial charge in [-0.15, -0.1) is 0 Å². The number of imidazole rings is 1. The van der Waals surface area contributed by atoms with Gasteiger partial charge in [-0.2, -0.15) is 0 Å². The summed E-state index contributed by atoms with van der Waals surface area (Å²) in [6.45, 7) is 4.70. The third-order valence-electron chi connectivity index (χ3n) is 3.63. The van der Waals surface area contributed by atoms with Crippen molar-refractivity contribution in [3.8, 4) is 5.69 Å². The second kappa shape index (κ2) is 4.52. The van der Waals surface area contributed by atoms with E-state index in [2.05, 4.69) is 47.7 Å². The second-order valence-corrected chi connectivity index (χ2v) is 4.78. The summed E-state index contributed by atoms with van der Waals surface area (Å²) in [4.78, 5) is 4.62. The van der Waals surface area contributed by atoms with Crippen molar-refractivity contribution in [3.05, 3.63) is 59.4 Å². The Hall–Kier alpha value is -2.13. The monoisotopic (exact) mass is 251 g/mol. The molecule has 0 bridgehead atoms. The Kier molecular flexibility index (Phi) is 2.84. The summed E-state index contributed by atoms with van der Waals surface area (Å²) in [6, 6.07) is 14.5. The highest BCUT2D eigenvalue weighted by Crippen LogP contribution is 2.25. The van der Waals surface area contributed by atoms with E-state index in [1.165, 1.54) is 11.1 Å². The normalized spacial score (nSPS) is 11.1. The summed E-state index contributed by atoms with van der Waals surface area (Å²) in [5, 5.41) is 0. The number of aromatic nitrogens is 2. The van der Waals surface area contributed by atoms with Gasteiger partial charge in [0.05, 0.1) is 23.3 Å². The van der Waals surface area contributed by atoms with Crippen LogP contribution in [0.15, 0.2) is 42.5 Å². The van der Waals surface area contributed by atoms with Gasteiger partial charge in [0.25, 0.3) is 0 Å². The van der Waals surface area contributed by atoms with Gasteiger partial charge in [-0.05, 0) is 43.2 Å². The fourth-order valence-electron chi connectivity index (χ4n) is 2.46. The van der Waals surface area contributed by atoms with Crippen molar-refractivity contribution in [2.45, 2.75) is 20.4 Å². The van der Waals surface area contributed by atoms with Gasteiger partial charge in [0.1, 0.15) is 5.82 Å². The fourth-order valence-corrected chi connectivity index (χ4v) is 2.46. The summed E-state index contributed by atoms with van der Waals surface area (Å²) in [5.74, 6) is 0.898. The number of benzene rings is 2. The van der Waals surface area contributed by atoms with E-state index in [9.17, 15) is 0 Å². The number of hydrogen-bond acceptors (Lipinski definition) is 2. The minimum Gasteiger partial charge on any atom is -0.324 e. The molecule has 3 rings (SSSR count). The highest BCUT2D eigenvalue weighted by Gasteiger charge is 2.12. The van der Waals surface area contributed by atoms with Crippen LogP contribution >= 0.6 is 0 Å². The number of para-hydroxylation sites is 2. The molecule has 3 heteroatoms. The summed E-state index contributed by atoms with van der Waals surface area (Å²) < 4.78 is 2.16. The number of nitrogens with zero attached hydrogens (tertiary/aromatic N) is 2. The van der Waals surface area contributed by atoms with Crippen molar-refractivity contribution in [2.75, 3.05) is 0 Å². The maximum atomic E-state index is 5.86. The first-order chi connectivity index (χ1) is 9.22. The lowest BCUT2D eigenvalue weighted by molar-refractivity contribution is 0.877. The first-order valence-corrected chi connectivity index (χ1v) is 6.45. The summed E-state index contributed by atoms with van der Waals surface area (Å²) in [6.07, 6.45) is 0. The molecule has 0 saturated carbocycles. The van der Waals surface area contributed by atoms with Crippen LogP contribution in [0.25, 0.3) is 16.7 Å². The largest absolute Gasteiger partial charge is 0.324 e. The number of nitrogens with two attached hydrogens (primary N) is 1. The molecule has 0 aliphatic carbocycles. The minimum absolute atomic E-state index is 0.433. The molecule has 0 aliphatic heterocycles. The zero-order valence-electron chi connectivity index (χ0n) is 11.2. The average molecular weight is 251 g/mol. The Morgan fingerprint density at radius 2 is 1.84 bits per heavy atom. The molecule has 0 amide bonds. The smallest absolute Gasteiger partial charge is 0.128 e. The molecular weight excluding hydrogens is 234 g/mol. The lowest BCUT2D eigenvalue weighted by Crippen LogP contribution is -2.08. The van der Waals surface area contributed by atoms with E-state index in [0.29, 0.717) is 6.54 Å². The summed E-state index contributed by atoms with van der Waals surface area (Å²) >= 11 is 0. The van der Waals surface area contributed by atoms with Crippen molar-refractivity contribution in [2.24, 2.45) is 5.73 Å². The zero-order chi connectivity index (χ0) is 13.4. The molecule has 96 valence electrons. The lowest BCUT2D eigenvalue weighted by atomic mass is 10.1. The van der Waals surface area contributed by atoms with Gasteiger partial charge in [-0.3, -0.25) is 4.57 Å². The van der Waals surface area contributed by atoms with Crippen molar-refractivity contribution in [3.63, 3.8) is 0 Å². The number of fused-ring (bicyclic) bond motifs is 1. The van der Waals surface area contributed by atoms with Gasteiger partial charge < -0.3 is 5.73 Å². The Bertz CT molecular complexity index is 741. The standard InChI is InChI=1S/C16H17N3/c1-11-6-5-9-14(12(11)2)19-15-8-4-3-7-13(15)18-16(19)10-17/h3-9H,10,17H2,1-2H3. The number of hydrogen-bond donors (Lipinski definition) is 1. The predicted octanol–water partition coefficient (Wildman–Crippen LogP) is 3.10.